The first-order chi connectivity index (χ1) is 4.43. The van der Waals surface area contributed by atoms with E-state index in [4.69, 9.17) is 4.74 Å². The zero-order valence-corrected chi connectivity index (χ0v) is 5.37. The number of imidazole rings is 1. The summed E-state index contributed by atoms with van der Waals surface area (Å²) in [5, 5.41) is 0. The maximum absolute atomic E-state index is 5.07. The molecule has 49 valence electrons. The lowest BCUT2D eigenvalue weighted by Crippen LogP contribution is -1.98. The average Bonchev–Trinajstić information content (AvgIpc) is 2.34. The third-order valence-electron chi connectivity index (χ3n) is 0.939. The Balaban J connectivity index is 2.30. The Morgan fingerprint density at radius 3 is 3.22 bits per heavy atom. The van der Waals surface area contributed by atoms with Crippen LogP contribution in [0, 0.1) is 6.20 Å². The molecule has 0 saturated carbocycles. The summed E-state index contributed by atoms with van der Waals surface area (Å²) in [5.41, 5.74) is 0. The van der Waals surface area contributed by atoms with Crippen molar-refractivity contribution in [2.75, 3.05) is 6.61 Å². The minimum absolute atomic E-state index is 0.552. The predicted octanol–water partition coefficient (Wildman–Crippen LogP) is 0.677. The van der Waals surface area contributed by atoms with E-state index in [0.29, 0.717) is 6.73 Å². The number of aromatic nitrogens is 2. The molecule has 0 fully saturated rings. The van der Waals surface area contributed by atoms with Crippen molar-refractivity contribution in [2.45, 2.75) is 13.7 Å². The highest BCUT2D eigenvalue weighted by Gasteiger charge is 1.85. The molecule has 0 aliphatic carbocycles. The molecular weight excluding hydrogens is 116 g/mol. The van der Waals surface area contributed by atoms with E-state index >= 15 is 0 Å². The smallest absolute Gasteiger partial charge is 0.124 e. The van der Waals surface area contributed by atoms with Crippen molar-refractivity contribution in [1.29, 1.82) is 0 Å². The van der Waals surface area contributed by atoms with Gasteiger partial charge in [0.25, 0.3) is 0 Å². The summed E-state index contributed by atoms with van der Waals surface area (Å²) in [6.45, 7) is 3.24. The molecule has 3 heteroatoms. The number of nitrogens with zero attached hydrogens (tertiary/aromatic N) is 2. The first-order valence-electron chi connectivity index (χ1n) is 2.89. The quantitative estimate of drug-likeness (QED) is 0.594. The van der Waals surface area contributed by atoms with Gasteiger partial charge in [0.2, 0.25) is 0 Å². The normalized spacial score (nSPS) is 9.89. The standard InChI is InChI=1S/C6H9N2O/c1-2-9-6-8-4-3-7-5-8/h3,5H,2,6H2,1H3. The SMILES string of the molecule is CCOCn1[c]cnc1. The third-order valence-corrected chi connectivity index (χ3v) is 0.939. The second kappa shape index (κ2) is 3.25. The van der Waals surface area contributed by atoms with E-state index in [1.807, 2.05) is 6.92 Å². The molecule has 0 aromatic carbocycles. The van der Waals surface area contributed by atoms with Crippen LogP contribution in [0.2, 0.25) is 0 Å². The van der Waals surface area contributed by atoms with Gasteiger partial charge in [0.05, 0.1) is 18.7 Å². The third kappa shape index (κ3) is 1.85. The minimum atomic E-state index is 0.552. The maximum Gasteiger partial charge on any atom is 0.124 e. The number of ether oxygens (including phenoxy) is 1. The highest BCUT2D eigenvalue weighted by Crippen LogP contribution is 1.84. The second-order valence-electron chi connectivity index (χ2n) is 1.61. The van der Waals surface area contributed by atoms with Gasteiger partial charge < -0.3 is 9.30 Å². The van der Waals surface area contributed by atoms with Crippen LogP contribution in [0.1, 0.15) is 6.92 Å². The fraction of sp³-hybridized carbons (Fsp3) is 0.500. The Morgan fingerprint density at radius 1 is 1.78 bits per heavy atom. The molecule has 0 aliphatic rings. The van der Waals surface area contributed by atoms with Crippen molar-refractivity contribution in [3.8, 4) is 0 Å². The zero-order valence-electron chi connectivity index (χ0n) is 5.37. The lowest BCUT2D eigenvalue weighted by Gasteiger charge is -1.98. The van der Waals surface area contributed by atoms with Gasteiger partial charge in [-0.05, 0) is 6.92 Å². The van der Waals surface area contributed by atoms with Crippen molar-refractivity contribution < 1.29 is 4.74 Å². The number of hydrogen-bond acceptors (Lipinski definition) is 2. The lowest BCUT2D eigenvalue weighted by molar-refractivity contribution is 0.0873. The molecule has 1 aromatic heterocycles. The average molecular weight is 125 g/mol. The van der Waals surface area contributed by atoms with E-state index in [1.165, 1.54) is 0 Å². The van der Waals surface area contributed by atoms with Crippen LogP contribution in [0.4, 0.5) is 0 Å². The molecule has 0 spiro atoms. The fourth-order valence-corrected chi connectivity index (χ4v) is 0.515. The van der Waals surface area contributed by atoms with Gasteiger partial charge in [0.1, 0.15) is 6.73 Å². The van der Waals surface area contributed by atoms with Gasteiger partial charge in [-0.15, -0.1) is 0 Å². The Kier molecular flexibility index (Phi) is 2.27. The summed E-state index contributed by atoms with van der Waals surface area (Å²) in [6, 6.07) is 0. The van der Waals surface area contributed by atoms with E-state index in [0.717, 1.165) is 6.61 Å². The molecule has 0 N–H and O–H groups in total. The molecule has 0 aliphatic heterocycles. The summed E-state index contributed by atoms with van der Waals surface area (Å²) in [5.74, 6) is 0. The lowest BCUT2D eigenvalue weighted by atomic mass is 10.8. The monoisotopic (exact) mass is 125 g/mol. The van der Waals surface area contributed by atoms with Gasteiger partial charge in [0, 0.05) is 6.61 Å². The summed E-state index contributed by atoms with van der Waals surface area (Å²) in [6.07, 6.45) is 6.14. The van der Waals surface area contributed by atoms with Crippen LogP contribution in [0.3, 0.4) is 0 Å². The molecule has 0 amide bonds. The molecule has 1 radical (unpaired) electrons. The van der Waals surface area contributed by atoms with E-state index in [1.54, 1.807) is 17.1 Å². The molecular formula is C6H9N2O. The second-order valence-corrected chi connectivity index (χ2v) is 1.61. The molecule has 0 atom stereocenters. The molecule has 1 heterocycles. The summed E-state index contributed by atoms with van der Waals surface area (Å²) < 4.78 is 6.82. The molecule has 9 heavy (non-hydrogen) atoms. The van der Waals surface area contributed by atoms with Crippen LogP contribution in [-0.4, -0.2) is 16.2 Å². The molecule has 0 saturated heterocycles. The van der Waals surface area contributed by atoms with Crippen molar-refractivity contribution in [2.24, 2.45) is 0 Å². The van der Waals surface area contributed by atoms with Crippen LogP contribution < -0.4 is 0 Å². The maximum atomic E-state index is 5.07. The van der Waals surface area contributed by atoms with Crippen LogP contribution in [0.15, 0.2) is 12.5 Å². The van der Waals surface area contributed by atoms with E-state index < -0.39 is 0 Å². The number of rotatable bonds is 3. The van der Waals surface area contributed by atoms with Crippen molar-refractivity contribution in [3.63, 3.8) is 0 Å². The summed E-state index contributed by atoms with van der Waals surface area (Å²) in [7, 11) is 0. The Labute approximate surface area is 54.3 Å². The van der Waals surface area contributed by atoms with Gasteiger partial charge in [-0.25, -0.2) is 4.98 Å². The highest BCUT2D eigenvalue weighted by atomic mass is 16.5. The number of hydrogen-bond donors (Lipinski definition) is 0. The predicted molar refractivity (Wildman–Crippen MR) is 32.7 cm³/mol. The molecule has 1 aromatic rings. The first-order valence-corrected chi connectivity index (χ1v) is 2.89. The topological polar surface area (TPSA) is 27.1 Å². The van der Waals surface area contributed by atoms with Crippen LogP contribution in [-0.2, 0) is 11.5 Å². The van der Waals surface area contributed by atoms with Gasteiger partial charge in [0.15, 0.2) is 0 Å². The van der Waals surface area contributed by atoms with Crippen LogP contribution in [0.25, 0.3) is 0 Å². The largest absolute Gasteiger partial charge is 0.361 e. The zero-order chi connectivity index (χ0) is 6.53. The summed E-state index contributed by atoms with van der Waals surface area (Å²) >= 11 is 0. The molecule has 1 rings (SSSR count). The fourth-order valence-electron chi connectivity index (χ4n) is 0.515. The van der Waals surface area contributed by atoms with Crippen molar-refractivity contribution in [3.05, 3.63) is 18.7 Å². The Morgan fingerprint density at radius 2 is 2.67 bits per heavy atom. The van der Waals surface area contributed by atoms with Gasteiger partial charge in [-0.2, -0.15) is 0 Å². The molecule has 3 nitrogen and oxygen atoms in total. The minimum Gasteiger partial charge on any atom is -0.361 e. The highest BCUT2D eigenvalue weighted by molar-refractivity contribution is 4.68. The first kappa shape index (κ1) is 6.29. The Hall–Kier alpha value is -0.830. The van der Waals surface area contributed by atoms with Gasteiger partial charge in [-0.3, -0.25) is 0 Å². The van der Waals surface area contributed by atoms with Crippen molar-refractivity contribution >= 4 is 0 Å². The van der Waals surface area contributed by atoms with Gasteiger partial charge in [-0.1, -0.05) is 0 Å². The van der Waals surface area contributed by atoms with Gasteiger partial charge >= 0.3 is 0 Å². The van der Waals surface area contributed by atoms with E-state index in [9.17, 15) is 0 Å². The van der Waals surface area contributed by atoms with Crippen LogP contribution in [0.5, 0.6) is 0 Å². The van der Waals surface area contributed by atoms with Crippen LogP contribution >= 0.6 is 0 Å². The van der Waals surface area contributed by atoms with Crippen molar-refractivity contribution in [1.82, 2.24) is 9.55 Å². The Bertz CT molecular complexity index is 148. The molecule has 0 unspecified atom stereocenters. The summed E-state index contributed by atoms with van der Waals surface area (Å²) in [4.78, 5) is 3.80. The molecule has 0 bridgehead atoms. The van der Waals surface area contributed by atoms with E-state index in [2.05, 4.69) is 11.2 Å². The van der Waals surface area contributed by atoms with E-state index in [-0.39, 0.29) is 0 Å².